The van der Waals surface area contributed by atoms with Crippen LogP contribution in [0.1, 0.15) is 23.7 Å². The number of hydrogen-bond donors (Lipinski definition) is 0. The lowest BCUT2D eigenvalue weighted by Gasteiger charge is -2.12. The third-order valence-electron chi connectivity index (χ3n) is 2.43. The van der Waals surface area contributed by atoms with Crippen molar-refractivity contribution in [3.8, 4) is 0 Å². The van der Waals surface area contributed by atoms with Gasteiger partial charge in [0.1, 0.15) is 0 Å². The normalized spacial score (nSPS) is 10.7. The van der Waals surface area contributed by atoms with E-state index in [1.54, 1.807) is 0 Å². The highest BCUT2D eigenvalue weighted by Gasteiger charge is 2.09. The molecular formula is C12H16BrNO. The van der Waals surface area contributed by atoms with E-state index in [1.165, 1.54) is 0 Å². The summed E-state index contributed by atoms with van der Waals surface area (Å²) in [5, 5.41) is 0. The van der Waals surface area contributed by atoms with Gasteiger partial charge in [0.15, 0.2) is 5.78 Å². The molecule has 1 aromatic rings. The molecule has 1 rings (SSSR count). The maximum atomic E-state index is 11.8. The lowest BCUT2D eigenvalue weighted by Crippen LogP contribution is -2.21. The molecule has 3 heteroatoms. The van der Waals surface area contributed by atoms with Crippen molar-refractivity contribution in [1.29, 1.82) is 0 Å². The Morgan fingerprint density at radius 2 is 2.07 bits per heavy atom. The van der Waals surface area contributed by atoms with Crippen molar-refractivity contribution in [1.82, 2.24) is 4.90 Å². The number of halogens is 1. The summed E-state index contributed by atoms with van der Waals surface area (Å²) in [5.41, 5.74) is 0.780. The average Bonchev–Trinajstić information content (AvgIpc) is 2.26. The minimum absolute atomic E-state index is 0.197. The Hall–Kier alpha value is -0.670. The summed E-state index contributed by atoms with van der Waals surface area (Å²) in [4.78, 5) is 14.0. The lowest BCUT2D eigenvalue weighted by atomic mass is 10.1. The fraction of sp³-hybridized carbons (Fsp3) is 0.417. The van der Waals surface area contributed by atoms with Crippen molar-refractivity contribution in [2.45, 2.75) is 13.3 Å². The number of Topliss-reactive ketones (excluding diaryl/α,β-unsaturated/α-hetero) is 1. The fourth-order valence-corrected chi connectivity index (χ4v) is 1.78. The summed E-state index contributed by atoms with van der Waals surface area (Å²) < 4.78 is 0.883. The van der Waals surface area contributed by atoms with Gasteiger partial charge in [-0.05, 0) is 19.7 Å². The van der Waals surface area contributed by atoms with Crippen LogP contribution in [0.5, 0.6) is 0 Å². The molecule has 0 aliphatic carbocycles. The van der Waals surface area contributed by atoms with E-state index in [4.69, 9.17) is 0 Å². The van der Waals surface area contributed by atoms with Crippen LogP contribution < -0.4 is 0 Å². The summed E-state index contributed by atoms with van der Waals surface area (Å²) in [5.74, 6) is 0.197. The fourth-order valence-electron chi connectivity index (χ4n) is 1.27. The van der Waals surface area contributed by atoms with Crippen molar-refractivity contribution >= 4 is 21.7 Å². The molecule has 15 heavy (non-hydrogen) atoms. The van der Waals surface area contributed by atoms with Crippen LogP contribution in [0.4, 0.5) is 0 Å². The average molecular weight is 270 g/mol. The van der Waals surface area contributed by atoms with Crippen LogP contribution in [0.2, 0.25) is 0 Å². The predicted molar refractivity (Wildman–Crippen MR) is 66.3 cm³/mol. The van der Waals surface area contributed by atoms with Gasteiger partial charge in [0.05, 0.1) is 0 Å². The Balaban J connectivity index is 2.58. The van der Waals surface area contributed by atoms with Gasteiger partial charge in [-0.15, -0.1) is 0 Å². The van der Waals surface area contributed by atoms with Gasteiger partial charge in [-0.1, -0.05) is 41.1 Å². The first-order chi connectivity index (χ1) is 7.15. The first kappa shape index (κ1) is 12.4. The monoisotopic (exact) mass is 269 g/mol. The smallest absolute Gasteiger partial charge is 0.165 e. The molecule has 0 saturated carbocycles. The van der Waals surface area contributed by atoms with Crippen LogP contribution in [-0.4, -0.2) is 30.8 Å². The molecule has 0 bridgehead atoms. The molecule has 0 aromatic heterocycles. The standard InChI is InChI=1S/C12H16BrNO/c1-3-14(2)9-8-12(15)10-6-4-5-7-11(10)13/h4-7H,3,8-9H2,1-2H3. The number of carbonyl (C=O) groups is 1. The van der Waals surface area contributed by atoms with E-state index < -0.39 is 0 Å². The van der Waals surface area contributed by atoms with Crippen molar-refractivity contribution in [3.63, 3.8) is 0 Å². The summed E-state index contributed by atoms with van der Waals surface area (Å²) in [6.07, 6.45) is 0.576. The molecule has 0 amide bonds. The zero-order chi connectivity index (χ0) is 11.3. The maximum Gasteiger partial charge on any atom is 0.165 e. The van der Waals surface area contributed by atoms with Gasteiger partial charge in [0, 0.05) is 23.0 Å². The summed E-state index contributed by atoms with van der Waals surface area (Å²) >= 11 is 3.39. The second-order valence-electron chi connectivity index (χ2n) is 3.55. The van der Waals surface area contributed by atoms with Gasteiger partial charge in [-0.25, -0.2) is 0 Å². The Labute approximate surface area is 99.4 Å². The van der Waals surface area contributed by atoms with Crippen LogP contribution in [-0.2, 0) is 0 Å². The van der Waals surface area contributed by atoms with Crippen molar-refractivity contribution in [2.24, 2.45) is 0 Å². The molecule has 0 aliphatic rings. The Morgan fingerprint density at radius 1 is 1.40 bits per heavy atom. The van der Waals surface area contributed by atoms with Crippen molar-refractivity contribution < 1.29 is 4.79 Å². The number of carbonyl (C=O) groups excluding carboxylic acids is 1. The molecule has 0 saturated heterocycles. The SMILES string of the molecule is CCN(C)CCC(=O)c1ccccc1Br. The second kappa shape index (κ2) is 6.03. The highest BCUT2D eigenvalue weighted by Crippen LogP contribution is 2.17. The van der Waals surface area contributed by atoms with Crippen LogP contribution >= 0.6 is 15.9 Å². The summed E-state index contributed by atoms with van der Waals surface area (Å²) in [6.45, 7) is 3.88. The number of hydrogen-bond acceptors (Lipinski definition) is 2. The van der Waals surface area contributed by atoms with Crippen LogP contribution in [0.3, 0.4) is 0 Å². The quantitative estimate of drug-likeness (QED) is 0.767. The van der Waals surface area contributed by atoms with E-state index >= 15 is 0 Å². The zero-order valence-electron chi connectivity index (χ0n) is 9.16. The van der Waals surface area contributed by atoms with Crippen LogP contribution in [0, 0.1) is 0 Å². The van der Waals surface area contributed by atoms with Gasteiger partial charge >= 0.3 is 0 Å². The minimum Gasteiger partial charge on any atom is -0.306 e. The molecule has 0 aliphatic heterocycles. The van der Waals surface area contributed by atoms with E-state index in [0.29, 0.717) is 6.42 Å². The Kier molecular flexibility index (Phi) is 4.99. The predicted octanol–water partition coefficient (Wildman–Crippen LogP) is 2.97. The molecule has 0 radical (unpaired) electrons. The Morgan fingerprint density at radius 3 is 2.67 bits per heavy atom. The molecule has 1 aromatic carbocycles. The maximum absolute atomic E-state index is 11.8. The van der Waals surface area contributed by atoms with E-state index in [1.807, 2.05) is 31.3 Å². The molecule has 0 heterocycles. The molecule has 82 valence electrons. The number of ketones is 1. The van der Waals surface area contributed by atoms with E-state index in [9.17, 15) is 4.79 Å². The molecule has 0 spiro atoms. The molecular weight excluding hydrogens is 254 g/mol. The van der Waals surface area contributed by atoms with Gasteiger partial charge in [0.2, 0.25) is 0 Å². The van der Waals surface area contributed by atoms with E-state index in [2.05, 4.69) is 27.8 Å². The largest absolute Gasteiger partial charge is 0.306 e. The molecule has 2 nitrogen and oxygen atoms in total. The molecule has 0 unspecified atom stereocenters. The van der Waals surface area contributed by atoms with Gasteiger partial charge in [-0.3, -0.25) is 4.79 Å². The van der Waals surface area contributed by atoms with Gasteiger partial charge < -0.3 is 4.90 Å². The van der Waals surface area contributed by atoms with Gasteiger partial charge in [0.25, 0.3) is 0 Å². The molecule has 0 atom stereocenters. The molecule has 0 N–H and O–H groups in total. The topological polar surface area (TPSA) is 20.3 Å². The molecule has 0 fully saturated rings. The minimum atomic E-state index is 0.197. The number of rotatable bonds is 5. The first-order valence-corrected chi connectivity index (χ1v) is 5.90. The number of nitrogens with zero attached hydrogens (tertiary/aromatic N) is 1. The summed E-state index contributed by atoms with van der Waals surface area (Å²) in [6, 6.07) is 7.57. The van der Waals surface area contributed by atoms with Crippen molar-refractivity contribution in [3.05, 3.63) is 34.3 Å². The summed E-state index contributed by atoms with van der Waals surface area (Å²) in [7, 11) is 2.02. The third-order valence-corrected chi connectivity index (χ3v) is 3.13. The number of benzene rings is 1. The third kappa shape index (κ3) is 3.76. The van der Waals surface area contributed by atoms with Crippen LogP contribution in [0.25, 0.3) is 0 Å². The van der Waals surface area contributed by atoms with E-state index in [-0.39, 0.29) is 5.78 Å². The highest BCUT2D eigenvalue weighted by atomic mass is 79.9. The van der Waals surface area contributed by atoms with Gasteiger partial charge in [-0.2, -0.15) is 0 Å². The van der Waals surface area contributed by atoms with Crippen molar-refractivity contribution in [2.75, 3.05) is 20.1 Å². The lowest BCUT2D eigenvalue weighted by molar-refractivity contribution is 0.0969. The Bertz CT molecular complexity index is 338. The van der Waals surface area contributed by atoms with E-state index in [0.717, 1.165) is 23.1 Å². The highest BCUT2D eigenvalue weighted by molar-refractivity contribution is 9.10. The van der Waals surface area contributed by atoms with Crippen LogP contribution in [0.15, 0.2) is 28.7 Å². The zero-order valence-corrected chi connectivity index (χ0v) is 10.8. The second-order valence-corrected chi connectivity index (χ2v) is 4.40. The first-order valence-electron chi connectivity index (χ1n) is 5.11.